The lowest BCUT2D eigenvalue weighted by Gasteiger charge is -2.02. The predicted molar refractivity (Wildman–Crippen MR) is 90.1 cm³/mol. The van der Waals surface area contributed by atoms with Gasteiger partial charge < -0.3 is 5.32 Å². The van der Waals surface area contributed by atoms with Crippen LogP contribution in [-0.4, -0.2) is 25.5 Å². The smallest absolute Gasteiger partial charge is 0.274 e. The molecule has 3 aromatic rings. The van der Waals surface area contributed by atoms with Gasteiger partial charge in [0.15, 0.2) is 0 Å². The maximum absolute atomic E-state index is 12.3. The van der Waals surface area contributed by atoms with E-state index in [4.69, 9.17) is 0 Å². The van der Waals surface area contributed by atoms with Crippen molar-refractivity contribution < 1.29 is 4.79 Å². The number of amides is 1. The Kier molecular flexibility index (Phi) is 3.49. The number of aromatic amines is 1. The molecular weight excluding hydrogens is 326 g/mol. The highest BCUT2D eigenvalue weighted by Gasteiger charge is 2.45. The average Bonchev–Trinajstić information content (AvgIpc) is 3.03. The molecule has 124 valence electrons. The topological polar surface area (TPSA) is 92.2 Å². The molecule has 24 heavy (non-hydrogen) atoms. The van der Waals surface area contributed by atoms with Gasteiger partial charge in [0, 0.05) is 28.5 Å². The van der Waals surface area contributed by atoms with Crippen molar-refractivity contribution in [1.82, 2.24) is 24.9 Å². The maximum atomic E-state index is 12.3. The zero-order valence-corrected chi connectivity index (χ0v) is 14.2. The Morgan fingerprint density at radius 3 is 3.04 bits per heavy atom. The van der Waals surface area contributed by atoms with E-state index < -0.39 is 0 Å². The number of rotatable bonds is 4. The highest BCUT2D eigenvalue weighted by atomic mass is 32.1. The number of fused-ring (bicyclic) bond motifs is 1. The number of hydrogen-bond acceptors (Lipinski definition) is 5. The molecule has 1 amide bonds. The molecule has 0 aromatic carbocycles. The van der Waals surface area contributed by atoms with Crippen molar-refractivity contribution in [3.8, 4) is 0 Å². The van der Waals surface area contributed by atoms with Gasteiger partial charge >= 0.3 is 0 Å². The molecule has 0 saturated heterocycles. The van der Waals surface area contributed by atoms with E-state index in [1.807, 2.05) is 0 Å². The number of H-pyrrole nitrogens is 1. The zero-order chi connectivity index (χ0) is 16.8. The first-order chi connectivity index (χ1) is 11.5. The molecule has 7 nitrogen and oxygen atoms in total. The van der Waals surface area contributed by atoms with E-state index >= 15 is 0 Å². The van der Waals surface area contributed by atoms with Gasteiger partial charge in [0.25, 0.3) is 11.3 Å². The standard InChI is InChI=1S/C16H17N5O2S/c1-8-3-4-24-14(8)10-6-11(10)15(23)17-7-12-19-16-18-9(2)5-13(22)21(16)20-12/h3-5,10-11H,6-7H2,1-2H3,(H,17,23)(H,18,19,20)/t10-,11-/m0/s1. The molecule has 1 saturated carbocycles. The van der Waals surface area contributed by atoms with E-state index in [2.05, 4.69) is 38.8 Å². The van der Waals surface area contributed by atoms with E-state index in [-0.39, 0.29) is 23.9 Å². The fourth-order valence-electron chi connectivity index (χ4n) is 2.96. The van der Waals surface area contributed by atoms with Crippen LogP contribution in [0.2, 0.25) is 0 Å². The van der Waals surface area contributed by atoms with Crippen molar-refractivity contribution in [3.05, 3.63) is 49.8 Å². The van der Waals surface area contributed by atoms with Gasteiger partial charge in [-0.2, -0.15) is 9.50 Å². The molecule has 8 heteroatoms. The minimum atomic E-state index is -0.210. The lowest BCUT2D eigenvalue weighted by molar-refractivity contribution is -0.122. The Hall–Kier alpha value is -2.48. The first-order valence-corrected chi connectivity index (χ1v) is 8.68. The SMILES string of the molecule is Cc1cc(=O)n2[nH]c(CNC(=O)[C@H]3C[C@@H]3c3sccc3C)nc2n1. The summed E-state index contributed by atoms with van der Waals surface area (Å²) in [6, 6.07) is 3.53. The van der Waals surface area contributed by atoms with E-state index in [9.17, 15) is 9.59 Å². The quantitative estimate of drug-likeness (QED) is 0.751. The molecule has 2 N–H and O–H groups in total. The second-order valence-electron chi connectivity index (χ2n) is 6.18. The number of nitrogens with one attached hydrogen (secondary N) is 2. The van der Waals surface area contributed by atoms with Gasteiger partial charge in [-0.3, -0.25) is 14.7 Å². The first-order valence-electron chi connectivity index (χ1n) is 7.80. The monoisotopic (exact) mass is 343 g/mol. The lowest BCUT2D eigenvalue weighted by atomic mass is 10.2. The summed E-state index contributed by atoms with van der Waals surface area (Å²) in [6.45, 7) is 4.09. The van der Waals surface area contributed by atoms with Crippen LogP contribution in [0.4, 0.5) is 0 Å². The summed E-state index contributed by atoms with van der Waals surface area (Å²) in [5, 5.41) is 7.84. The van der Waals surface area contributed by atoms with Crippen molar-refractivity contribution in [2.45, 2.75) is 32.7 Å². The van der Waals surface area contributed by atoms with Crippen LogP contribution in [-0.2, 0) is 11.3 Å². The Balaban J connectivity index is 1.42. The summed E-state index contributed by atoms with van der Waals surface area (Å²) >= 11 is 1.72. The second kappa shape index (κ2) is 5.55. The zero-order valence-electron chi connectivity index (χ0n) is 13.4. The van der Waals surface area contributed by atoms with Gasteiger partial charge in [0.05, 0.1) is 6.54 Å². The third-order valence-corrected chi connectivity index (χ3v) is 5.45. The van der Waals surface area contributed by atoms with Crippen LogP contribution in [0, 0.1) is 19.8 Å². The van der Waals surface area contributed by atoms with E-state index in [1.165, 1.54) is 21.0 Å². The number of carbonyl (C=O) groups is 1. The third-order valence-electron chi connectivity index (χ3n) is 4.30. The van der Waals surface area contributed by atoms with Crippen LogP contribution in [0.1, 0.15) is 34.3 Å². The largest absolute Gasteiger partial charge is 0.349 e. The molecule has 3 aromatic heterocycles. The minimum absolute atomic E-state index is 0.0322. The minimum Gasteiger partial charge on any atom is -0.349 e. The molecule has 0 bridgehead atoms. The molecule has 0 aliphatic heterocycles. The van der Waals surface area contributed by atoms with Gasteiger partial charge in [0.2, 0.25) is 5.91 Å². The summed E-state index contributed by atoms with van der Waals surface area (Å²) in [6.07, 6.45) is 0.896. The summed E-state index contributed by atoms with van der Waals surface area (Å²) in [7, 11) is 0. The fraction of sp³-hybridized carbons (Fsp3) is 0.375. The van der Waals surface area contributed by atoms with E-state index in [1.54, 1.807) is 18.3 Å². The molecular formula is C16H17N5O2S. The number of carbonyl (C=O) groups excluding carboxylic acids is 1. The lowest BCUT2D eigenvalue weighted by Crippen LogP contribution is -2.25. The molecule has 1 aliphatic rings. The van der Waals surface area contributed by atoms with Crippen LogP contribution >= 0.6 is 11.3 Å². The van der Waals surface area contributed by atoms with Crippen LogP contribution < -0.4 is 10.9 Å². The van der Waals surface area contributed by atoms with Gasteiger partial charge in [0.1, 0.15) is 5.82 Å². The van der Waals surface area contributed by atoms with Crippen LogP contribution in [0.15, 0.2) is 22.3 Å². The Bertz CT molecular complexity index is 986. The second-order valence-corrected chi connectivity index (χ2v) is 7.12. The van der Waals surface area contributed by atoms with Gasteiger partial charge in [-0.05, 0) is 37.3 Å². The van der Waals surface area contributed by atoms with Crippen LogP contribution in [0.25, 0.3) is 5.78 Å². The average molecular weight is 343 g/mol. The maximum Gasteiger partial charge on any atom is 0.274 e. The predicted octanol–water partition coefficient (Wildman–Crippen LogP) is 1.52. The molecule has 0 spiro atoms. The first kappa shape index (κ1) is 15.1. The summed E-state index contributed by atoms with van der Waals surface area (Å²) in [5.74, 6) is 1.25. The van der Waals surface area contributed by atoms with Gasteiger partial charge in [-0.15, -0.1) is 11.3 Å². The summed E-state index contributed by atoms with van der Waals surface area (Å²) in [5.41, 5.74) is 1.67. The molecule has 4 rings (SSSR count). The van der Waals surface area contributed by atoms with Crippen molar-refractivity contribution in [2.75, 3.05) is 0 Å². The Morgan fingerprint density at radius 2 is 2.29 bits per heavy atom. The Labute approximate surface area is 141 Å². The highest BCUT2D eigenvalue weighted by Crippen LogP contribution is 2.50. The van der Waals surface area contributed by atoms with Crippen LogP contribution in [0.3, 0.4) is 0 Å². The molecule has 0 radical (unpaired) electrons. The Morgan fingerprint density at radius 1 is 1.46 bits per heavy atom. The molecule has 3 heterocycles. The van der Waals surface area contributed by atoms with Gasteiger partial charge in [-0.25, -0.2) is 4.98 Å². The number of hydrogen-bond donors (Lipinski definition) is 2. The third kappa shape index (κ3) is 2.62. The van der Waals surface area contributed by atoms with E-state index in [0.29, 0.717) is 23.2 Å². The number of thiophene rings is 1. The van der Waals surface area contributed by atoms with E-state index in [0.717, 1.165) is 6.42 Å². The molecule has 1 aliphatic carbocycles. The normalized spacial score (nSPS) is 19.6. The summed E-state index contributed by atoms with van der Waals surface area (Å²) in [4.78, 5) is 33.9. The van der Waals surface area contributed by atoms with Crippen molar-refractivity contribution in [3.63, 3.8) is 0 Å². The molecule has 1 fully saturated rings. The van der Waals surface area contributed by atoms with Crippen molar-refractivity contribution >= 4 is 23.0 Å². The number of aryl methyl sites for hydroxylation is 2. The highest BCUT2D eigenvalue weighted by molar-refractivity contribution is 7.10. The summed E-state index contributed by atoms with van der Waals surface area (Å²) < 4.78 is 1.28. The van der Waals surface area contributed by atoms with Crippen molar-refractivity contribution in [1.29, 1.82) is 0 Å². The van der Waals surface area contributed by atoms with Crippen molar-refractivity contribution in [2.24, 2.45) is 5.92 Å². The fourth-order valence-corrected chi connectivity index (χ4v) is 4.06. The molecule has 0 unspecified atom stereocenters. The van der Waals surface area contributed by atoms with Gasteiger partial charge in [-0.1, -0.05) is 0 Å². The molecule has 2 atom stereocenters. The van der Waals surface area contributed by atoms with Crippen LogP contribution in [0.5, 0.6) is 0 Å². The number of aromatic nitrogens is 4. The number of nitrogens with zero attached hydrogens (tertiary/aromatic N) is 3.